The molecule has 0 saturated heterocycles. The highest BCUT2D eigenvalue weighted by molar-refractivity contribution is 6.08. The van der Waals surface area contributed by atoms with Gasteiger partial charge in [-0.05, 0) is 63.5 Å². The number of hydrogen-bond donors (Lipinski definition) is 1. The Bertz CT molecular complexity index is 989. The first-order chi connectivity index (χ1) is 13.3. The van der Waals surface area contributed by atoms with Gasteiger partial charge in [0.15, 0.2) is 5.78 Å². The molecule has 0 bridgehead atoms. The molecule has 1 aliphatic rings. The summed E-state index contributed by atoms with van der Waals surface area (Å²) in [5.41, 5.74) is 5.71. The van der Waals surface area contributed by atoms with Crippen LogP contribution in [-0.2, 0) is 4.79 Å². The maximum Gasteiger partial charge on any atom is 0.252 e. The van der Waals surface area contributed by atoms with Crippen LogP contribution in [-0.4, -0.2) is 22.8 Å². The first kappa shape index (κ1) is 20.1. The lowest BCUT2D eigenvalue weighted by Crippen LogP contribution is -2.29. The maximum absolute atomic E-state index is 13.0. The third kappa shape index (κ3) is 3.96. The summed E-state index contributed by atoms with van der Waals surface area (Å²) in [5, 5.41) is 3.95. The van der Waals surface area contributed by atoms with Crippen LogP contribution in [0, 0.1) is 6.92 Å². The van der Waals surface area contributed by atoms with Crippen molar-refractivity contribution >= 4 is 22.6 Å². The SMILES string of the molecule is CCCC1=C(CNC(=O)c2cc(C)cc3c2ccn3C(C)C)C(=O)CC(C)=C1. The summed E-state index contributed by atoms with van der Waals surface area (Å²) in [6.45, 7) is 10.7. The molecule has 0 saturated carbocycles. The van der Waals surface area contributed by atoms with Gasteiger partial charge in [-0.1, -0.05) is 25.0 Å². The number of nitrogens with one attached hydrogen (secondary N) is 1. The number of nitrogens with zero attached hydrogens (tertiary/aromatic N) is 1. The number of hydrogen-bond acceptors (Lipinski definition) is 2. The number of rotatable bonds is 6. The van der Waals surface area contributed by atoms with E-state index >= 15 is 0 Å². The fourth-order valence-electron chi connectivity index (χ4n) is 3.98. The summed E-state index contributed by atoms with van der Waals surface area (Å²) < 4.78 is 2.18. The largest absolute Gasteiger partial charge is 0.348 e. The predicted molar refractivity (Wildman–Crippen MR) is 115 cm³/mol. The van der Waals surface area contributed by atoms with E-state index in [0.717, 1.165) is 46.0 Å². The summed E-state index contributed by atoms with van der Waals surface area (Å²) in [7, 11) is 0. The molecule has 148 valence electrons. The highest BCUT2D eigenvalue weighted by Crippen LogP contribution is 2.26. The van der Waals surface area contributed by atoms with Crippen LogP contribution in [0.5, 0.6) is 0 Å². The first-order valence-corrected chi connectivity index (χ1v) is 10.1. The number of ketones is 1. The molecule has 0 radical (unpaired) electrons. The van der Waals surface area contributed by atoms with Crippen LogP contribution in [0.25, 0.3) is 10.9 Å². The van der Waals surface area contributed by atoms with Crippen molar-refractivity contribution in [2.24, 2.45) is 0 Å². The van der Waals surface area contributed by atoms with Crippen LogP contribution in [0.1, 0.15) is 68.9 Å². The number of carbonyl (C=O) groups is 2. The van der Waals surface area contributed by atoms with Crippen molar-refractivity contribution in [1.29, 1.82) is 0 Å². The normalized spacial score (nSPS) is 14.8. The van der Waals surface area contributed by atoms with Gasteiger partial charge in [-0.3, -0.25) is 9.59 Å². The zero-order valence-electron chi connectivity index (χ0n) is 17.6. The van der Waals surface area contributed by atoms with E-state index < -0.39 is 0 Å². The Kier molecular flexibility index (Phi) is 5.87. The van der Waals surface area contributed by atoms with Gasteiger partial charge in [0, 0.05) is 47.2 Å². The number of Topliss-reactive ketones (excluding diaryl/α,β-unsaturated/α-hetero) is 1. The van der Waals surface area contributed by atoms with Crippen molar-refractivity contribution in [2.45, 2.75) is 59.9 Å². The molecule has 0 unspecified atom stereocenters. The minimum Gasteiger partial charge on any atom is -0.348 e. The van der Waals surface area contributed by atoms with Crippen molar-refractivity contribution in [2.75, 3.05) is 6.54 Å². The van der Waals surface area contributed by atoms with E-state index in [1.807, 2.05) is 32.2 Å². The molecule has 4 heteroatoms. The Balaban J connectivity index is 1.89. The second-order valence-corrected chi connectivity index (χ2v) is 8.09. The smallest absolute Gasteiger partial charge is 0.252 e. The first-order valence-electron chi connectivity index (χ1n) is 10.1. The minimum absolute atomic E-state index is 0.127. The zero-order valence-corrected chi connectivity index (χ0v) is 17.6. The molecule has 0 atom stereocenters. The monoisotopic (exact) mass is 378 g/mol. The molecule has 1 aromatic carbocycles. The van der Waals surface area contributed by atoms with E-state index in [1.165, 1.54) is 0 Å². The molecule has 1 aromatic heterocycles. The number of aryl methyl sites for hydroxylation is 1. The van der Waals surface area contributed by atoms with Gasteiger partial charge in [-0.2, -0.15) is 0 Å². The highest BCUT2D eigenvalue weighted by atomic mass is 16.2. The highest BCUT2D eigenvalue weighted by Gasteiger charge is 2.21. The summed E-state index contributed by atoms with van der Waals surface area (Å²) in [6.07, 6.45) is 6.43. The molecule has 28 heavy (non-hydrogen) atoms. The van der Waals surface area contributed by atoms with Gasteiger partial charge in [0.2, 0.25) is 0 Å². The van der Waals surface area contributed by atoms with Gasteiger partial charge in [-0.25, -0.2) is 0 Å². The summed E-state index contributed by atoms with van der Waals surface area (Å²) in [5.74, 6) is 0.00160. The Hall–Kier alpha value is -2.62. The summed E-state index contributed by atoms with van der Waals surface area (Å²) in [4.78, 5) is 25.5. The van der Waals surface area contributed by atoms with Crippen molar-refractivity contribution < 1.29 is 9.59 Å². The number of aromatic nitrogens is 1. The van der Waals surface area contributed by atoms with E-state index in [9.17, 15) is 9.59 Å². The van der Waals surface area contributed by atoms with Crippen molar-refractivity contribution in [3.05, 3.63) is 58.3 Å². The number of allylic oxidation sites excluding steroid dienone is 3. The van der Waals surface area contributed by atoms with Gasteiger partial charge in [-0.15, -0.1) is 0 Å². The molecule has 0 aliphatic heterocycles. The molecule has 1 aliphatic carbocycles. The average Bonchev–Trinajstić information content (AvgIpc) is 3.04. The van der Waals surface area contributed by atoms with Crippen LogP contribution in [0.4, 0.5) is 0 Å². The van der Waals surface area contributed by atoms with Crippen LogP contribution in [0.3, 0.4) is 0 Å². The number of carbonyl (C=O) groups excluding carboxylic acids is 2. The lowest BCUT2D eigenvalue weighted by atomic mass is 9.89. The summed E-state index contributed by atoms with van der Waals surface area (Å²) >= 11 is 0. The number of amides is 1. The van der Waals surface area contributed by atoms with E-state index in [4.69, 9.17) is 0 Å². The second-order valence-electron chi connectivity index (χ2n) is 8.09. The third-order valence-corrected chi connectivity index (χ3v) is 5.31. The van der Waals surface area contributed by atoms with E-state index in [2.05, 4.69) is 42.8 Å². The Morgan fingerprint density at radius 2 is 2.00 bits per heavy atom. The second kappa shape index (κ2) is 8.17. The Morgan fingerprint density at radius 3 is 2.68 bits per heavy atom. The summed E-state index contributed by atoms with van der Waals surface area (Å²) in [6, 6.07) is 6.37. The zero-order chi connectivity index (χ0) is 20.4. The fourth-order valence-corrected chi connectivity index (χ4v) is 3.98. The molecule has 1 amide bonds. The van der Waals surface area contributed by atoms with Crippen molar-refractivity contribution in [1.82, 2.24) is 9.88 Å². The van der Waals surface area contributed by atoms with E-state index in [1.54, 1.807) is 0 Å². The van der Waals surface area contributed by atoms with Crippen molar-refractivity contribution in [3.63, 3.8) is 0 Å². The molecular weight excluding hydrogens is 348 g/mol. The van der Waals surface area contributed by atoms with Crippen LogP contribution in [0.15, 0.2) is 47.2 Å². The fraction of sp³-hybridized carbons (Fsp3) is 0.417. The predicted octanol–water partition coefficient (Wildman–Crippen LogP) is 5.28. The van der Waals surface area contributed by atoms with Gasteiger partial charge in [0.25, 0.3) is 5.91 Å². The molecule has 4 nitrogen and oxygen atoms in total. The van der Waals surface area contributed by atoms with Gasteiger partial charge >= 0.3 is 0 Å². The Morgan fingerprint density at radius 1 is 1.25 bits per heavy atom. The molecule has 2 aromatic rings. The van der Waals surface area contributed by atoms with Gasteiger partial charge in [0.1, 0.15) is 0 Å². The molecular formula is C24H30N2O2. The minimum atomic E-state index is -0.127. The third-order valence-electron chi connectivity index (χ3n) is 5.31. The molecule has 0 fully saturated rings. The molecule has 3 rings (SSSR count). The molecule has 1 heterocycles. The molecule has 1 N–H and O–H groups in total. The standard InChI is InChI=1S/C24H30N2O2/c1-6-7-18-10-16(4)13-23(27)21(18)14-25-24(28)20-11-17(5)12-22-19(20)8-9-26(22)15(2)3/h8-12,15H,6-7,13-14H2,1-5H3,(H,25,28). The van der Waals surface area contributed by atoms with Crippen LogP contribution in [0.2, 0.25) is 0 Å². The van der Waals surface area contributed by atoms with Gasteiger partial charge < -0.3 is 9.88 Å². The molecule has 0 spiro atoms. The van der Waals surface area contributed by atoms with Crippen LogP contribution < -0.4 is 5.32 Å². The topological polar surface area (TPSA) is 51.1 Å². The quantitative estimate of drug-likeness (QED) is 0.744. The van der Waals surface area contributed by atoms with E-state index in [0.29, 0.717) is 18.0 Å². The maximum atomic E-state index is 13.0. The lowest BCUT2D eigenvalue weighted by molar-refractivity contribution is -0.115. The number of fused-ring (bicyclic) bond motifs is 1. The average molecular weight is 379 g/mol. The van der Waals surface area contributed by atoms with E-state index in [-0.39, 0.29) is 18.2 Å². The number of benzene rings is 1. The van der Waals surface area contributed by atoms with Gasteiger partial charge in [0.05, 0.1) is 0 Å². The van der Waals surface area contributed by atoms with Crippen LogP contribution >= 0.6 is 0 Å². The Labute approximate surface area is 167 Å². The lowest BCUT2D eigenvalue weighted by Gasteiger charge is -2.18. The van der Waals surface area contributed by atoms with Crippen molar-refractivity contribution in [3.8, 4) is 0 Å².